The lowest BCUT2D eigenvalue weighted by molar-refractivity contribution is -0.144. The minimum Gasteiger partial charge on any atom is -0.464 e. The molecule has 0 aliphatic rings. The van der Waals surface area contributed by atoms with Crippen LogP contribution in [-0.2, 0) is 14.3 Å². The molecule has 0 amide bonds. The van der Waals surface area contributed by atoms with Crippen molar-refractivity contribution in [2.75, 3.05) is 13.2 Å². The normalized spacial score (nSPS) is 14.8. The molecular weight excluding hydrogens is 234 g/mol. The second-order valence-electron chi connectivity index (χ2n) is 4.47. The number of ether oxygens (including phenoxy) is 2. The Morgan fingerprint density at radius 2 is 2.00 bits per heavy atom. The maximum atomic E-state index is 11.3. The highest BCUT2D eigenvalue weighted by molar-refractivity contribution is 5.77. The van der Waals surface area contributed by atoms with Crippen molar-refractivity contribution in [3.63, 3.8) is 0 Å². The molecule has 0 radical (unpaired) electrons. The molecule has 0 fully saturated rings. The standard InChI is InChI=1S/C12H25N3O3/c1-6-17-12(16)10(4)14-8-15(13)11(5)18-7-9(2)3/h8-11H,6-7,13H2,1-5H3. The average Bonchev–Trinajstić information content (AvgIpc) is 2.32. The average molecular weight is 259 g/mol. The van der Waals surface area contributed by atoms with Gasteiger partial charge in [0.2, 0.25) is 0 Å². The maximum absolute atomic E-state index is 11.3. The van der Waals surface area contributed by atoms with E-state index in [1.54, 1.807) is 13.8 Å². The van der Waals surface area contributed by atoms with Crippen molar-refractivity contribution >= 4 is 12.3 Å². The van der Waals surface area contributed by atoms with Gasteiger partial charge in [0.1, 0.15) is 18.6 Å². The minimum absolute atomic E-state index is 0.287. The predicted molar refractivity (Wildman–Crippen MR) is 70.9 cm³/mol. The van der Waals surface area contributed by atoms with Crippen LogP contribution in [0.25, 0.3) is 0 Å². The Balaban J connectivity index is 4.12. The first-order chi connectivity index (χ1) is 8.38. The predicted octanol–water partition coefficient (Wildman–Crippen LogP) is 1.16. The molecule has 0 bridgehead atoms. The third-order valence-electron chi connectivity index (χ3n) is 2.14. The molecule has 106 valence electrons. The molecule has 0 aromatic heterocycles. The van der Waals surface area contributed by atoms with Crippen LogP contribution in [0.15, 0.2) is 4.99 Å². The molecule has 0 saturated heterocycles. The molecule has 6 nitrogen and oxygen atoms in total. The van der Waals surface area contributed by atoms with Crippen LogP contribution in [0, 0.1) is 5.92 Å². The van der Waals surface area contributed by atoms with E-state index in [9.17, 15) is 4.79 Å². The van der Waals surface area contributed by atoms with E-state index in [0.717, 1.165) is 0 Å². The zero-order valence-corrected chi connectivity index (χ0v) is 11.9. The second-order valence-corrected chi connectivity index (χ2v) is 4.47. The molecular formula is C12H25N3O3. The number of aliphatic imine (C=N–C) groups is 1. The van der Waals surface area contributed by atoms with Crippen molar-refractivity contribution < 1.29 is 14.3 Å². The van der Waals surface area contributed by atoms with E-state index in [2.05, 4.69) is 18.8 Å². The van der Waals surface area contributed by atoms with Crippen molar-refractivity contribution in [3.05, 3.63) is 0 Å². The van der Waals surface area contributed by atoms with Gasteiger partial charge in [0.05, 0.1) is 13.2 Å². The molecule has 0 rings (SSSR count). The van der Waals surface area contributed by atoms with E-state index in [1.807, 2.05) is 6.92 Å². The largest absolute Gasteiger partial charge is 0.464 e. The van der Waals surface area contributed by atoms with E-state index >= 15 is 0 Å². The van der Waals surface area contributed by atoms with Crippen molar-refractivity contribution in [2.24, 2.45) is 16.8 Å². The zero-order chi connectivity index (χ0) is 14.1. The number of hydrazine groups is 1. The highest BCUT2D eigenvalue weighted by Crippen LogP contribution is 2.00. The van der Waals surface area contributed by atoms with Gasteiger partial charge in [-0.25, -0.2) is 10.6 Å². The smallest absolute Gasteiger partial charge is 0.330 e. The van der Waals surface area contributed by atoms with Crippen LogP contribution in [0.5, 0.6) is 0 Å². The van der Waals surface area contributed by atoms with Crippen molar-refractivity contribution in [1.29, 1.82) is 0 Å². The second kappa shape index (κ2) is 8.88. The van der Waals surface area contributed by atoms with Gasteiger partial charge < -0.3 is 9.47 Å². The number of nitrogens with two attached hydrogens (primary N) is 1. The number of carbonyl (C=O) groups excluding carboxylic acids is 1. The molecule has 0 aromatic carbocycles. The van der Waals surface area contributed by atoms with Gasteiger partial charge in [0.15, 0.2) is 0 Å². The molecule has 0 saturated carbocycles. The topological polar surface area (TPSA) is 77.2 Å². The summed E-state index contributed by atoms with van der Waals surface area (Å²) in [6, 6.07) is -0.562. The Kier molecular flexibility index (Phi) is 8.32. The van der Waals surface area contributed by atoms with Gasteiger partial charge in [-0.3, -0.25) is 10.0 Å². The molecule has 2 atom stereocenters. The quantitative estimate of drug-likeness (QED) is 0.177. The van der Waals surface area contributed by atoms with E-state index < -0.39 is 6.04 Å². The summed E-state index contributed by atoms with van der Waals surface area (Å²) in [5.74, 6) is 5.81. The summed E-state index contributed by atoms with van der Waals surface area (Å²) in [6.07, 6.45) is 1.11. The zero-order valence-electron chi connectivity index (χ0n) is 11.9. The van der Waals surface area contributed by atoms with E-state index in [4.69, 9.17) is 15.3 Å². The Morgan fingerprint density at radius 3 is 2.50 bits per heavy atom. The highest BCUT2D eigenvalue weighted by atomic mass is 16.5. The fraction of sp³-hybridized carbons (Fsp3) is 0.833. The number of esters is 1. The van der Waals surface area contributed by atoms with Crippen LogP contribution in [0.4, 0.5) is 0 Å². The van der Waals surface area contributed by atoms with Crippen LogP contribution >= 0.6 is 0 Å². The summed E-state index contributed by atoms with van der Waals surface area (Å²) in [6.45, 7) is 10.3. The fourth-order valence-corrected chi connectivity index (χ4v) is 1.01. The summed E-state index contributed by atoms with van der Waals surface area (Å²) in [5, 5.41) is 1.33. The van der Waals surface area contributed by atoms with Crippen LogP contribution < -0.4 is 5.84 Å². The Hall–Kier alpha value is -1.14. The Labute approximate surface area is 109 Å². The summed E-state index contributed by atoms with van der Waals surface area (Å²) in [7, 11) is 0. The van der Waals surface area contributed by atoms with E-state index in [0.29, 0.717) is 19.1 Å². The van der Waals surface area contributed by atoms with Gasteiger partial charge in [0, 0.05) is 0 Å². The third-order valence-corrected chi connectivity index (χ3v) is 2.14. The van der Waals surface area contributed by atoms with Gasteiger partial charge in [-0.05, 0) is 26.7 Å². The van der Waals surface area contributed by atoms with Gasteiger partial charge in [0.25, 0.3) is 0 Å². The lowest BCUT2D eigenvalue weighted by Crippen LogP contribution is -2.40. The van der Waals surface area contributed by atoms with Crippen LogP contribution in [0.1, 0.15) is 34.6 Å². The minimum atomic E-state index is -0.562. The summed E-state index contributed by atoms with van der Waals surface area (Å²) < 4.78 is 10.3. The Morgan fingerprint density at radius 1 is 1.39 bits per heavy atom. The summed E-state index contributed by atoms with van der Waals surface area (Å²) >= 11 is 0. The van der Waals surface area contributed by atoms with Gasteiger partial charge in [-0.15, -0.1) is 0 Å². The van der Waals surface area contributed by atoms with Crippen LogP contribution in [0.3, 0.4) is 0 Å². The first-order valence-electron chi connectivity index (χ1n) is 6.23. The van der Waals surface area contributed by atoms with Gasteiger partial charge >= 0.3 is 5.97 Å². The number of hydrogen-bond donors (Lipinski definition) is 1. The number of nitrogens with zero attached hydrogens (tertiary/aromatic N) is 2. The maximum Gasteiger partial charge on any atom is 0.330 e. The molecule has 2 N–H and O–H groups in total. The van der Waals surface area contributed by atoms with Crippen molar-refractivity contribution in [2.45, 2.75) is 46.9 Å². The molecule has 0 aromatic rings. The Bertz CT molecular complexity index is 269. The molecule has 6 heteroatoms. The van der Waals surface area contributed by atoms with Crippen LogP contribution in [-0.4, -0.2) is 42.8 Å². The van der Waals surface area contributed by atoms with E-state index in [-0.39, 0.29) is 12.2 Å². The number of carbonyl (C=O) groups is 1. The van der Waals surface area contributed by atoms with Crippen LogP contribution in [0.2, 0.25) is 0 Å². The molecule has 0 spiro atoms. The van der Waals surface area contributed by atoms with Gasteiger partial charge in [-0.1, -0.05) is 13.8 Å². The molecule has 0 aliphatic heterocycles. The van der Waals surface area contributed by atoms with E-state index in [1.165, 1.54) is 11.3 Å². The summed E-state index contributed by atoms with van der Waals surface area (Å²) in [5.41, 5.74) is 0. The highest BCUT2D eigenvalue weighted by Gasteiger charge is 2.13. The first kappa shape index (κ1) is 16.9. The molecule has 0 heterocycles. The van der Waals surface area contributed by atoms with Crippen molar-refractivity contribution in [1.82, 2.24) is 5.01 Å². The molecule has 0 aliphatic carbocycles. The van der Waals surface area contributed by atoms with Crippen molar-refractivity contribution in [3.8, 4) is 0 Å². The number of rotatable bonds is 8. The number of hydrogen-bond acceptors (Lipinski definition) is 5. The third kappa shape index (κ3) is 7.24. The van der Waals surface area contributed by atoms with Gasteiger partial charge in [-0.2, -0.15) is 0 Å². The SMILES string of the molecule is CCOC(=O)C(C)N=CN(N)C(C)OCC(C)C. The molecule has 18 heavy (non-hydrogen) atoms. The fourth-order valence-electron chi connectivity index (χ4n) is 1.01. The monoisotopic (exact) mass is 259 g/mol. The molecule has 2 unspecified atom stereocenters. The lowest BCUT2D eigenvalue weighted by atomic mass is 10.2. The summed E-state index contributed by atoms with van der Waals surface area (Å²) in [4.78, 5) is 15.3. The lowest BCUT2D eigenvalue weighted by Gasteiger charge is -2.23. The first-order valence-corrected chi connectivity index (χ1v) is 6.23.